The van der Waals surface area contributed by atoms with Gasteiger partial charge in [0.2, 0.25) is 0 Å². The van der Waals surface area contributed by atoms with Gasteiger partial charge in [-0.1, -0.05) is 78.8 Å². The molecule has 0 saturated heterocycles. The fourth-order valence-corrected chi connectivity index (χ4v) is 4.80. The lowest BCUT2D eigenvalue weighted by molar-refractivity contribution is 0.249. The average Bonchev–Trinajstić information content (AvgIpc) is 3.29. The summed E-state index contributed by atoms with van der Waals surface area (Å²) in [5, 5.41) is 16.2. The maximum absolute atomic E-state index is 12.8. The van der Waals surface area contributed by atoms with Gasteiger partial charge in [-0.15, -0.1) is 10.2 Å². The molecule has 1 unspecified atom stereocenters. The minimum atomic E-state index is -0.402. The van der Waals surface area contributed by atoms with Crippen molar-refractivity contribution in [3.05, 3.63) is 100 Å². The quantitative estimate of drug-likeness (QED) is 0.254. The molecular weight excluding hydrogens is 478 g/mol. The van der Waals surface area contributed by atoms with Crippen LogP contribution in [0.4, 0.5) is 10.5 Å². The number of carbonyl (C=O) groups excluding carboxylic acids is 1. The van der Waals surface area contributed by atoms with Crippen molar-refractivity contribution < 1.29 is 4.79 Å². The molecule has 0 fully saturated rings. The van der Waals surface area contributed by atoms with Crippen molar-refractivity contribution in [2.75, 3.05) is 5.32 Å². The van der Waals surface area contributed by atoms with E-state index >= 15 is 0 Å². The van der Waals surface area contributed by atoms with Gasteiger partial charge in [0.15, 0.2) is 11.0 Å². The van der Waals surface area contributed by atoms with Crippen LogP contribution in [0.1, 0.15) is 42.4 Å². The van der Waals surface area contributed by atoms with Crippen molar-refractivity contribution in [2.45, 2.75) is 44.1 Å². The van der Waals surface area contributed by atoms with Gasteiger partial charge in [0.05, 0.1) is 11.7 Å². The van der Waals surface area contributed by atoms with Crippen molar-refractivity contribution in [1.29, 1.82) is 0 Å². The van der Waals surface area contributed by atoms with Crippen LogP contribution >= 0.6 is 23.4 Å². The van der Waals surface area contributed by atoms with Crippen molar-refractivity contribution in [1.82, 2.24) is 20.1 Å². The zero-order chi connectivity index (χ0) is 24.8. The SMILES string of the molecule is CCc1cccc(NC(=O)NC(C)c2nnc(SCc3ccccc3)n2-c2cc(Cl)ccc2C)c1. The molecule has 6 nitrogen and oxygen atoms in total. The molecule has 0 aliphatic heterocycles. The Hall–Kier alpha value is -3.29. The van der Waals surface area contributed by atoms with Crippen LogP contribution in [0, 0.1) is 6.92 Å². The number of benzene rings is 3. The number of hydrogen-bond acceptors (Lipinski definition) is 4. The number of amides is 2. The Labute approximate surface area is 215 Å². The largest absolute Gasteiger partial charge is 0.328 e. The zero-order valence-electron chi connectivity index (χ0n) is 20.0. The summed E-state index contributed by atoms with van der Waals surface area (Å²) < 4.78 is 1.98. The summed E-state index contributed by atoms with van der Waals surface area (Å²) in [5.74, 6) is 1.37. The summed E-state index contributed by atoms with van der Waals surface area (Å²) in [5.41, 5.74) is 5.02. The van der Waals surface area contributed by atoms with Gasteiger partial charge in [-0.05, 0) is 61.2 Å². The van der Waals surface area contributed by atoms with Crippen LogP contribution in [0.15, 0.2) is 78.0 Å². The zero-order valence-corrected chi connectivity index (χ0v) is 21.5. The Bertz CT molecular complexity index is 1310. The van der Waals surface area contributed by atoms with E-state index in [2.05, 4.69) is 39.9 Å². The highest BCUT2D eigenvalue weighted by Gasteiger charge is 2.22. The van der Waals surface area contributed by atoms with Crippen molar-refractivity contribution in [3.8, 4) is 5.69 Å². The minimum absolute atomic E-state index is 0.304. The highest BCUT2D eigenvalue weighted by atomic mass is 35.5. The van der Waals surface area contributed by atoms with E-state index in [0.717, 1.165) is 39.8 Å². The van der Waals surface area contributed by atoms with E-state index in [-0.39, 0.29) is 6.03 Å². The molecule has 0 spiro atoms. The van der Waals surface area contributed by atoms with Crippen molar-refractivity contribution in [3.63, 3.8) is 0 Å². The lowest BCUT2D eigenvalue weighted by Gasteiger charge is -2.18. The number of rotatable bonds is 8. The third-order valence-corrected chi connectivity index (χ3v) is 6.84. The lowest BCUT2D eigenvalue weighted by Crippen LogP contribution is -2.32. The minimum Gasteiger partial charge on any atom is -0.328 e. The Morgan fingerprint density at radius 2 is 1.80 bits per heavy atom. The molecule has 180 valence electrons. The topological polar surface area (TPSA) is 71.8 Å². The molecule has 1 atom stereocenters. The van der Waals surface area contributed by atoms with Gasteiger partial charge >= 0.3 is 6.03 Å². The van der Waals surface area contributed by atoms with Crippen LogP contribution in [0.3, 0.4) is 0 Å². The highest BCUT2D eigenvalue weighted by molar-refractivity contribution is 7.98. The van der Waals surface area contributed by atoms with Crippen LogP contribution < -0.4 is 10.6 Å². The third-order valence-electron chi connectivity index (χ3n) is 5.61. The molecule has 0 aliphatic rings. The summed E-state index contributed by atoms with van der Waals surface area (Å²) in [4.78, 5) is 12.8. The molecule has 4 rings (SSSR count). The number of thioether (sulfide) groups is 1. The van der Waals surface area contributed by atoms with E-state index in [1.807, 2.05) is 79.1 Å². The molecule has 2 amide bonds. The summed E-state index contributed by atoms with van der Waals surface area (Å²) >= 11 is 7.94. The molecule has 3 aromatic carbocycles. The molecule has 0 saturated carbocycles. The predicted octanol–water partition coefficient (Wildman–Crippen LogP) is 6.97. The van der Waals surface area contributed by atoms with E-state index in [0.29, 0.717) is 10.8 Å². The molecular formula is C27H28ClN5OS. The van der Waals surface area contributed by atoms with Crippen LogP contribution in [0.2, 0.25) is 5.02 Å². The van der Waals surface area contributed by atoms with Gasteiger partial charge in [-0.2, -0.15) is 0 Å². The molecule has 1 aromatic heterocycles. The molecule has 0 radical (unpaired) electrons. The maximum Gasteiger partial charge on any atom is 0.319 e. The fourth-order valence-electron chi connectivity index (χ4n) is 3.72. The number of aromatic nitrogens is 3. The molecule has 1 heterocycles. The van der Waals surface area contributed by atoms with Crippen molar-refractivity contribution in [2.24, 2.45) is 0 Å². The Kier molecular flexibility index (Phi) is 8.10. The van der Waals surface area contributed by atoms with E-state index in [9.17, 15) is 4.79 Å². The summed E-state index contributed by atoms with van der Waals surface area (Å²) in [6, 6.07) is 23.1. The Morgan fingerprint density at radius 1 is 1.03 bits per heavy atom. The van der Waals surface area contributed by atoms with Gasteiger partial charge in [-0.25, -0.2) is 4.79 Å². The van der Waals surface area contributed by atoms with Gasteiger partial charge in [0, 0.05) is 16.5 Å². The van der Waals surface area contributed by atoms with E-state index < -0.39 is 6.04 Å². The first-order valence-electron chi connectivity index (χ1n) is 11.5. The van der Waals surface area contributed by atoms with Crippen LogP contribution in [0.25, 0.3) is 5.69 Å². The predicted molar refractivity (Wildman–Crippen MR) is 143 cm³/mol. The number of carbonyl (C=O) groups is 1. The highest BCUT2D eigenvalue weighted by Crippen LogP contribution is 2.30. The first-order valence-corrected chi connectivity index (χ1v) is 12.9. The monoisotopic (exact) mass is 505 g/mol. The smallest absolute Gasteiger partial charge is 0.319 e. The lowest BCUT2D eigenvalue weighted by atomic mass is 10.1. The van der Waals surface area contributed by atoms with Crippen molar-refractivity contribution >= 4 is 35.1 Å². The van der Waals surface area contributed by atoms with Gasteiger partial charge in [0.1, 0.15) is 0 Å². The number of halogens is 1. The summed E-state index contributed by atoms with van der Waals surface area (Å²) in [6.45, 7) is 6.00. The standard InChI is InChI=1S/C27H28ClN5OS/c1-4-20-11-8-12-23(15-20)30-26(34)29-19(3)25-31-32-27(35-17-21-9-6-5-7-10-21)33(25)24-16-22(28)14-13-18(24)2/h5-16,19H,4,17H2,1-3H3,(H2,29,30,34). The van der Waals surface area contributed by atoms with Crippen LogP contribution in [0.5, 0.6) is 0 Å². The maximum atomic E-state index is 12.8. The summed E-state index contributed by atoms with van der Waals surface area (Å²) in [7, 11) is 0. The number of aryl methyl sites for hydroxylation is 2. The van der Waals surface area contributed by atoms with E-state index in [1.165, 1.54) is 5.56 Å². The molecule has 4 aromatic rings. The number of nitrogens with one attached hydrogen (secondary N) is 2. The molecule has 0 aliphatic carbocycles. The van der Waals surface area contributed by atoms with Gasteiger partial charge in [0.25, 0.3) is 0 Å². The Balaban J connectivity index is 1.59. The van der Waals surface area contributed by atoms with Gasteiger partial charge < -0.3 is 10.6 Å². The number of hydrogen-bond donors (Lipinski definition) is 2. The Morgan fingerprint density at radius 3 is 2.57 bits per heavy atom. The van der Waals surface area contributed by atoms with E-state index in [4.69, 9.17) is 11.6 Å². The molecule has 2 N–H and O–H groups in total. The second-order valence-electron chi connectivity index (χ2n) is 8.26. The average molecular weight is 506 g/mol. The normalized spacial score (nSPS) is 11.8. The summed E-state index contributed by atoms with van der Waals surface area (Å²) in [6.07, 6.45) is 0.902. The third kappa shape index (κ3) is 6.24. The molecule has 35 heavy (non-hydrogen) atoms. The number of urea groups is 1. The first-order chi connectivity index (χ1) is 16.9. The fraction of sp³-hybridized carbons (Fsp3) is 0.222. The van der Waals surface area contributed by atoms with Gasteiger partial charge in [-0.3, -0.25) is 4.57 Å². The molecule has 0 bridgehead atoms. The number of anilines is 1. The number of nitrogens with zero attached hydrogens (tertiary/aromatic N) is 3. The van der Waals surface area contributed by atoms with Crippen LogP contribution in [-0.2, 0) is 12.2 Å². The molecule has 8 heteroatoms. The second-order valence-corrected chi connectivity index (χ2v) is 9.63. The first kappa shape index (κ1) is 24.8. The van der Waals surface area contributed by atoms with Crippen LogP contribution in [-0.4, -0.2) is 20.8 Å². The van der Waals surface area contributed by atoms with E-state index in [1.54, 1.807) is 11.8 Å². The second kappa shape index (κ2) is 11.4.